The van der Waals surface area contributed by atoms with Gasteiger partial charge in [0, 0.05) is 6.20 Å². The van der Waals surface area contributed by atoms with Gasteiger partial charge in [-0.15, -0.1) is 0 Å². The van der Waals surface area contributed by atoms with E-state index in [1.807, 2.05) is 13.8 Å². The molecule has 14 heavy (non-hydrogen) atoms. The molecule has 5 heteroatoms. The van der Waals surface area contributed by atoms with Crippen molar-refractivity contribution in [3.05, 3.63) is 18.7 Å². The number of carbonyl (C=O) groups is 1. The Bertz CT molecular complexity index is 272. The highest BCUT2D eigenvalue weighted by Gasteiger charge is 2.10. The first-order valence-electron chi connectivity index (χ1n) is 4.59. The van der Waals surface area contributed by atoms with E-state index in [1.165, 1.54) is 23.5 Å². The van der Waals surface area contributed by atoms with Crippen molar-refractivity contribution >= 4 is 6.16 Å². The molecule has 0 bridgehead atoms. The molecule has 0 aliphatic heterocycles. The Morgan fingerprint density at radius 3 is 3.00 bits per heavy atom. The summed E-state index contributed by atoms with van der Waals surface area (Å²) in [4.78, 5) is 19.6. The quantitative estimate of drug-likeness (QED) is 0.690. The van der Waals surface area contributed by atoms with Crippen LogP contribution in [0.4, 0.5) is 4.79 Å². The Labute approximate surface area is 82.6 Å². The van der Waals surface area contributed by atoms with Gasteiger partial charge in [-0.3, -0.25) is 0 Å². The highest BCUT2D eigenvalue weighted by atomic mass is 16.8. The number of carbonyl (C=O) groups excluding carboxylic acids is 1. The highest BCUT2D eigenvalue weighted by Crippen LogP contribution is 2.01. The van der Waals surface area contributed by atoms with Crippen LogP contribution in [0.2, 0.25) is 0 Å². The molecule has 0 N–H and O–H groups in total. The smallest absolute Gasteiger partial charge is 0.430 e. The third kappa shape index (κ3) is 3.47. The van der Waals surface area contributed by atoms with Crippen LogP contribution < -0.4 is 4.84 Å². The van der Waals surface area contributed by atoms with Gasteiger partial charge in [-0.2, -0.15) is 4.73 Å². The van der Waals surface area contributed by atoms with Gasteiger partial charge in [-0.05, 0) is 13.3 Å². The molecule has 1 aromatic rings. The van der Waals surface area contributed by atoms with Crippen molar-refractivity contribution in [3.8, 4) is 0 Å². The fourth-order valence-corrected chi connectivity index (χ4v) is 1.04. The van der Waals surface area contributed by atoms with E-state index < -0.39 is 6.16 Å². The van der Waals surface area contributed by atoms with Gasteiger partial charge in [0.15, 0.2) is 0 Å². The van der Waals surface area contributed by atoms with E-state index in [0.29, 0.717) is 0 Å². The van der Waals surface area contributed by atoms with E-state index in [4.69, 9.17) is 9.57 Å². The SMILES string of the molecule is CCCC(C)OC(=O)On1ccnc1. The Morgan fingerprint density at radius 1 is 1.64 bits per heavy atom. The molecule has 5 nitrogen and oxygen atoms in total. The van der Waals surface area contributed by atoms with Crippen LogP contribution in [-0.4, -0.2) is 22.0 Å². The lowest BCUT2D eigenvalue weighted by atomic mass is 10.2. The number of aromatic nitrogens is 2. The molecule has 1 heterocycles. The molecule has 0 saturated heterocycles. The monoisotopic (exact) mass is 198 g/mol. The Morgan fingerprint density at radius 2 is 2.43 bits per heavy atom. The zero-order valence-corrected chi connectivity index (χ0v) is 8.34. The number of hydrogen-bond acceptors (Lipinski definition) is 4. The molecule has 1 atom stereocenters. The summed E-state index contributed by atoms with van der Waals surface area (Å²) in [5.74, 6) is 0. The normalized spacial score (nSPS) is 12.1. The average Bonchev–Trinajstić information content (AvgIpc) is 2.56. The van der Waals surface area contributed by atoms with Gasteiger partial charge in [0.05, 0.1) is 6.20 Å². The van der Waals surface area contributed by atoms with Crippen LogP contribution in [0.1, 0.15) is 26.7 Å². The fraction of sp³-hybridized carbons (Fsp3) is 0.556. The summed E-state index contributed by atoms with van der Waals surface area (Å²) in [5.41, 5.74) is 0. The van der Waals surface area contributed by atoms with Crippen molar-refractivity contribution in [2.45, 2.75) is 32.8 Å². The van der Waals surface area contributed by atoms with Crippen molar-refractivity contribution in [2.75, 3.05) is 0 Å². The van der Waals surface area contributed by atoms with E-state index in [0.717, 1.165) is 12.8 Å². The van der Waals surface area contributed by atoms with Gasteiger partial charge >= 0.3 is 6.16 Å². The van der Waals surface area contributed by atoms with Crippen molar-refractivity contribution < 1.29 is 14.4 Å². The second-order valence-electron chi connectivity index (χ2n) is 2.98. The minimum absolute atomic E-state index is 0.115. The minimum atomic E-state index is -0.705. The van der Waals surface area contributed by atoms with Crippen LogP contribution in [0, 0.1) is 0 Å². The van der Waals surface area contributed by atoms with E-state index >= 15 is 0 Å². The molecule has 78 valence electrons. The lowest BCUT2D eigenvalue weighted by Crippen LogP contribution is -2.23. The second kappa shape index (κ2) is 5.26. The molecule has 0 amide bonds. The zero-order valence-electron chi connectivity index (χ0n) is 8.34. The summed E-state index contributed by atoms with van der Waals surface area (Å²) < 4.78 is 6.15. The first-order chi connectivity index (χ1) is 6.72. The van der Waals surface area contributed by atoms with Gasteiger partial charge in [0.2, 0.25) is 0 Å². The van der Waals surface area contributed by atoms with Gasteiger partial charge in [-0.25, -0.2) is 9.78 Å². The van der Waals surface area contributed by atoms with E-state index in [9.17, 15) is 4.79 Å². The number of imidazole rings is 1. The van der Waals surface area contributed by atoms with Crippen LogP contribution in [0.25, 0.3) is 0 Å². The molecule has 1 rings (SSSR count). The second-order valence-corrected chi connectivity index (χ2v) is 2.98. The van der Waals surface area contributed by atoms with Crippen molar-refractivity contribution in [3.63, 3.8) is 0 Å². The summed E-state index contributed by atoms with van der Waals surface area (Å²) in [6, 6.07) is 0. The summed E-state index contributed by atoms with van der Waals surface area (Å²) in [6.45, 7) is 3.86. The molecule has 0 radical (unpaired) electrons. The van der Waals surface area contributed by atoms with Crippen molar-refractivity contribution in [2.24, 2.45) is 0 Å². The lowest BCUT2D eigenvalue weighted by molar-refractivity contribution is 0.0210. The summed E-state index contributed by atoms with van der Waals surface area (Å²) in [5, 5.41) is 0. The van der Waals surface area contributed by atoms with E-state index in [-0.39, 0.29) is 6.10 Å². The van der Waals surface area contributed by atoms with Gasteiger partial charge in [-0.1, -0.05) is 13.3 Å². The zero-order chi connectivity index (χ0) is 10.4. The fourth-order valence-electron chi connectivity index (χ4n) is 1.04. The van der Waals surface area contributed by atoms with Crippen LogP contribution in [0.3, 0.4) is 0 Å². The van der Waals surface area contributed by atoms with Crippen LogP contribution in [0.5, 0.6) is 0 Å². The largest absolute Gasteiger partial charge is 0.534 e. The predicted octanol–water partition coefficient (Wildman–Crippen LogP) is 1.64. The summed E-state index contributed by atoms with van der Waals surface area (Å²) >= 11 is 0. The number of ether oxygens (including phenoxy) is 1. The van der Waals surface area contributed by atoms with E-state index in [2.05, 4.69) is 4.98 Å². The van der Waals surface area contributed by atoms with Crippen LogP contribution in [0.15, 0.2) is 18.7 Å². The standard InChI is InChI=1S/C9H14N2O3/c1-3-4-8(2)13-9(12)14-11-6-5-10-7-11/h5-8H,3-4H2,1-2H3. The topological polar surface area (TPSA) is 53.4 Å². The summed E-state index contributed by atoms with van der Waals surface area (Å²) in [7, 11) is 0. The van der Waals surface area contributed by atoms with Gasteiger partial charge in [0.1, 0.15) is 12.4 Å². The molecule has 0 aliphatic rings. The number of rotatable bonds is 4. The first kappa shape index (κ1) is 10.6. The van der Waals surface area contributed by atoms with E-state index in [1.54, 1.807) is 0 Å². The highest BCUT2D eigenvalue weighted by molar-refractivity contribution is 5.60. The molecule has 1 unspecified atom stereocenters. The molecule has 0 fully saturated rings. The van der Waals surface area contributed by atoms with Crippen LogP contribution in [-0.2, 0) is 4.74 Å². The maximum atomic E-state index is 11.1. The molecule has 1 aromatic heterocycles. The molecule has 0 saturated carbocycles. The summed E-state index contributed by atoms with van der Waals surface area (Å²) in [6.07, 6.45) is 5.40. The minimum Gasteiger partial charge on any atom is -0.430 e. The molecule has 0 aliphatic carbocycles. The Balaban J connectivity index is 2.29. The molecule has 0 spiro atoms. The van der Waals surface area contributed by atoms with Crippen molar-refractivity contribution in [1.29, 1.82) is 0 Å². The third-order valence-corrected chi connectivity index (χ3v) is 1.65. The Kier molecular flexibility index (Phi) is 3.97. The maximum Gasteiger partial charge on any atom is 0.534 e. The molecular formula is C9H14N2O3. The number of hydrogen-bond donors (Lipinski definition) is 0. The number of nitrogens with zero attached hydrogens (tertiary/aromatic N) is 2. The maximum absolute atomic E-state index is 11.1. The van der Waals surface area contributed by atoms with Crippen molar-refractivity contribution in [1.82, 2.24) is 9.71 Å². The molecule has 0 aromatic carbocycles. The van der Waals surface area contributed by atoms with Crippen LogP contribution >= 0.6 is 0 Å². The third-order valence-electron chi connectivity index (χ3n) is 1.65. The average molecular weight is 198 g/mol. The van der Waals surface area contributed by atoms with Gasteiger partial charge in [0.25, 0.3) is 0 Å². The first-order valence-corrected chi connectivity index (χ1v) is 4.59. The lowest BCUT2D eigenvalue weighted by Gasteiger charge is -2.11. The Hall–Kier alpha value is -1.52. The predicted molar refractivity (Wildman–Crippen MR) is 49.7 cm³/mol. The van der Waals surface area contributed by atoms with Gasteiger partial charge < -0.3 is 9.57 Å². The molecular weight excluding hydrogens is 184 g/mol.